The summed E-state index contributed by atoms with van der Waals surface area (Å²) in [5, 5.41) is 10.0. The maximum Gasteiger partial charge on any atom is 0.254 e. The number of carbonyl (C=O) groups is 1. The molecule has 1 aromatic carbocycles. The van der Waals surface area contributed by atoms with Crippen molar-refractivity contribution in [2.24, 2.45) is 0 Å². The summed E-state index contributed by atoms with van der Waals surface area (Å²) in [5.74, 6) is -1.04. The van der Waals surface area contributed by atoms with E-state index in [1.807, 2.05) is 0 Å². The number of amides is 1. The first-order chi connectivity index (χ1) is 9.08. The number of nitrogens with zero attached hydrogens (tertiary/aromatic N) is 3. The lowest BCUT2D eigenvalue weighted by molar-refractivity contribution is 0.0947. The number of anilines is 1. The monoisotopic (exact) mass is 263 g/mol. The van der Waals surface area contributed by atoms with Crippen LogP contribution in [0.3, 0.4) is 0 Å². The molecule has 0 bridgehead atoms. The second-order valence-electron chi connectivity index (χ2n) is 4.12. The van der Waals surface area contributed by atoms with Crippen LogP contribution in [0.15, 0.2) is 24.5 Å². The fourth-order valence-corrected chi connectivity index (χ4v) is 1.69. The van der Waals surface area contributed by atoms with Crippen LogP contribution in [0.5, 0.6) is 0 Å². The van der Waals surface area contributed by atoms with E-state index in [2.05, 4.69) is 15.6 Å². The van der Waals surface area contributed by atoms with E-state index in [0.717, 1.165) is 0 Å². The quantitative estimate of drug-likeness (QED) is 0.796. The molecule has 6 nitrogen and oxygen atoms in total. The number of hydrogen-bond donors (Lipinski definition) is 2. The first kappa shape index (κ1) is 13.0. The van der Waals surface area contributed by atoms with Crippen LogP contribution in [0, 0.1) is 12.7 Å². The molecule has 0 unspecified atom stereocenters. The van der Waals surface area contributed by atoms with Crippen molar-refractivity contribution in [3.05, 3.63) is 41.5 Å². The lowest BCUT2D eigenvalue weighted by Gasteiger charge is -2.08. The zero-order valence-corrected chi connectivity index (χ0v) is 10.4. The fraction of sp³-hybridized carbons (Fsp3) is 0.250. The summed E-state index contributed by atoms with van der Waals surface area (Å²) in [6.07, 6.45) is 3.22. The first-order valence-electron chi connectivity index (χ1n) is 5.76. The molecule has 3 N–H and O–H groups in total. The van der Waals surface area contributed by atoms with Gasteiger partial charge < -0.3 is 11.1 Å². The van der Waals surface area contributed by atoms with Crippen LogP contribution in [-0.4, -0.2) is 27.4 Å². The molecule has 0 aliphatic heterocycles. The lowest BCUT2D eigenvalue weighted by Crippen LogP contribution is -2.28. The molecule has 0 radical (unpaired) electrons. The van der Waals surface area contributed by atoms with Gasteiger partial charge in [0.2, 0.25) is 0 Å². The van der Waals surface area contributed by atoms with Gasteiger partial charge in [0.25, 0.3) is 5.91 Å². The molecule has 100 valence electrons. The average molecular weight is 263 g/mol. The molecule has 1 amide bonds. The van der Waals surface area contributed by atoms with E-state index in [-0.39, 0.29) is 5.56 Å². The normalized spacial score (nSPS) is 10.4. The molecule has 0 aliphatic carbocycles. The standard InChI is InChI=1S/C12H14FN5O/c1-8-6-9(14)7-10(11(8)13)12(19)15-2-4-18-5-3-16-17-18/h3,5-7H,2,4,14H2,1H3,(H,15,19). The van der Waals surface area contributed by atoms with E-state index in [1.54, 1.807) is 24.0 Å². The molecule has 2 aromatic rings. The third-order valence-electron chi connectivity index (χ3n) is 2.62. The molecule has 0 aliphatic rings. The Kier molecular flexibility index (Phi) is 3.74. The maximum atomic E-state index is 13.8. The maximum absolute atomic E-state index is 13.8. The summed E-state index contributed by atoms with van der Waals surface area (Å²) in [7, 11) is 0. The molecular formula is C12H14FN5O. The van der Waals surface area contributed by atoms with Gasteiger partial charge in [-0.15, -0.1) is 5.10 Å². The van der Waals surface area contributed by atoms with Crippen LogP contribution in [0.25, 0.3) is 0 Å². The van der Waals surface area contributed by atoms with Crippen LogP contribution in [0.4, 0.5) is 10.1 Å². The number of rotatable bonds is 4. The number of aromatic nitrogens is 3. The number of nitrogens with two attached hydrogens (primary N) is 1. The van der Waals surface area contributed by atoms with Crippen molar-refractivity contribution >= 4 is 11.6 Å². The summed E-state index contributed by atoms with van der Waals surface area (Å²) in [6.45, 7) is 2.36. The minimum absolute atomic E-state index is 0.0453. The highest BCUT2D eigenvalue weighted by atomic mass is 19.1. The third-order valence-corrected chi connectivity index (χ3v) is 2.62. The second-order valence-corrected chi connectivity index (χ2v) is 4.12. The van der Waals surface area contributed by atoms with Gasteiger partial charge >= 0.3 is 0 Å². The Bertz CT molecular complexity index is 582. The summed E-state index contributed by atoms with van der Waals surface area (Å²) in [4.78, 5) is 11.8. The highest BCUT2D eigenvalue weighted by Gasteiger charge is 2.14. The number of benzene rings is 1. The van der Waals surface area contributed by atoms with Gasteiger partial charge in [-0.1, -0.05) is 5.21 Å². The number of aryl methyl sites for hydroxylation is 1. The van der Waals surface area contributed by atoms with Gasteiger partial charge in [-0.05, 0) is 24.6 Å². The van der Waals surface area contributed by atoms with Crippen molar-refractivity contribution < 1.29 is 9.18 Å². The molecule has 1 heterocycles. The van der Waals surface area contributed by atoms with E-state index >= 15 is 0 Å². The number of hydrogen-bond acceptors (Lipinski definition) is 4. The second kappa shape index (κ2) is 5.47. The Labute approximate surface area is 109 Å². The van der Waals surface area contributed by atoms with Crippen LogP contribution in [0.2, 0.25) is 0 Å². The predicted octanol–water partition coefficient (Wildman–Crippen LogP) is 0.738. The smallest absolute Gasteiger partial charge is 0.254 e. The average Bonchev–Trinajstić information content (AvgIpc) is 2.86. The lowest BCUT2D eigenvalue weighted by atomic mass is 10.1. The zero-order chi connectivity index (χ0) is 13.8. The van der Waals surface area contributed by atoms with Gasteiger partial charge in [0.05, 0.1) is 18.3 Å². The molecule has 7 heteroatoms. The van der Waals surface area contributed by atoms with Crippen molar-refractivity contribution in [3.63, 3.8) is 0 Å². The van der Waals surface area contributed by atoms with Crippen molar-refractivity contribution in [3.8, 4) is 0 Å². The Morgan fingerprint density at radius 2 is 2.32 bits per heavy atom. The van der Waals surface area contributed by atoms with E-state index in [0.29, 0.717) is 24.3 Å². The van der Waals surface area contributed by atoms with Crippen molar-refractivity contribution in [2.45, 2.75) is 13.5 Å². The number of halogens is 1. The van der Waals surface area contributed by atoms with E-state index in [1.165, 1.54) is 12.1 Å². The minimum Gasteiger partial charge on any atom is -0.399 e. The number of nitrogen functional groups attached to an aromatic ring is 1. The van der Waals surface area contributed by atoms with Gasteiger partial charge in [-0.25, -0.2) is 4.39 Å². The summed E-state index contributed by atoms with van der Waals surface area (Å²) >= 11 is 0. The molecule has 0 spiro atoms. The Balaban J connectivity index is 2.00. The van der Waals surface area contributed by atoms with Crippen LogP contribution >= 0.6 is 0 Å². The number of nitrogens with one attached hydrogen (secondary N) is 1. The third kappa shape index (κ3) is 3.06. The first-order valence-corrected chi connectivity index (χ1v) is 5.76. The Hall–Kier alpha value is -2.44. The summed E-state index contributed by atoms with van der Waals surface area (Å²) in [6, 6.07) is 2.81. The highest BCUT2D eigenvalue weighted by Crippen LogP contribution is 2.16. The van der Waals surface area contributed by atoms with Crippen molar-refractivity contribution in [1.29, 1.82) is 0 Å². The highest BCUT2D eigenvalue weighted by molar-refractivity contribution is 5.95. The van der Waals surface area contributed by atoms with Gasteiger partial charge in [0, 0.05) is 18.4 Å². The fourth-order valence-electron chi connectivity index (χ4n) is 1.69. The SMILES string of the molecule is Cc1cc(N)cc(C(=O)NCCn2ccnn2)c1F. The predicted molar refractivity (Wildman–Crippen MR) is 67.9 cm³/mol. The number of carbonyl (C=O) groups excluding carboxylic acids is 1. The molecule has 0 fully saturated rings. The summed E-state index contributed by atoms with van der Waals surface area (Å²) < 4.78 is 15.4. The van der Waals surface area contributed by atoms with E-state index < -0.39 is 11.7 Å². The van der Waals surface area contributed by atoms with Crippen LogP contribution in [-0.2, 0) is 6.54 Å². The largest absolute Gasteiger partial charge is 0.399 e. The Morgan fingerprint density at radius 1 is 1.53 bits per heavy atom. The van der Waals surface area contributed by atoms with Gasteiger partial charge in [0.15, 0.2) is 0 Å². The molecule has 0 saturated heterocycles. The molecule has 0 saturated carbocycles. The van der Waals surface area contributed by atoms with Crippen molar-refractivity contribution in [1.82, 2.24) is 20.3 Å². The zero-order valence-electron chi connectivity index (χ0n) is 10.4. The minimum atomic E-state index is -0.549. The topological polar surface area (TPSA) is 85.8 Å². The summed E-state index contributed by atoms with van der Waals surface area (Å²) in [5.41, 5.74) is 6.27. The van der Waals surface area contributed by atoms with Gasteiger partial charge in [-0.2, -0.15) is 0 Å². The van der Waals surface area contributed by atoms with Crippen LogP contribution < -0.4 is 11.1 Å². The molecular weight excluding hydrogens is 249 g/mol. The Morgan fingerprint density at radius 3 is 3.00 bits per heavy atom. The van der Waals surface area contributed by atoms with Crippen molar-refractivity contribution in [2.75, 3.05) is 12.3 Å². The molecule has 2 rings (SSSR count). The van der Waals surface area contributed by atoms with E-state index in [4.69, 9.17) is 5.73 Å². The molecule has 19 heavy (non-hydrogen) atoms. The molecule has 1 aromatic heterocycles. The van der Waals surface area contributed by atoms with Gasteiger partial charge in [-0.3, -0.25) is 9.48 Å². The van der Waals surface area contributed by atoms with Gasteiger partial charge in [0.1, 0.15) is 5.82 Å². The van der Waals surface area contributed by atoms with E-state index in [9.17, 15) is 9.18 Å². The molecule has 0 atom stereocenters. The van der Waals surface area contributed by atoms with Crippen LogP contribution in [0.1, 0.15) is 15.9 Å².